The maximum atomic E-state index is 10.7. The van der Waals surface area contributed by atoms with Gasteiger partial charge in [0.05, 0.1) is 12.3 Å². The standard InChI is InChI=1S/C21H19N6O2S2/c1-29-7-8-31(28)20-18(22)17-15(13-5-3-2-4-6-13)9-16(25-19(17)30-20)14-10-23-21-26-24-12-27(21)11-14/h2-6,9-12,28H,7-8,22H2,1H3/q+1. The molecule has 0 aliphatic carbocycles. The van der Waals surface area contributed by atoms with Crippen LogP contribution in [0, 0.1) is 0 Å². The molecule has 5 aromatic rings. The van der Waals surface area contributed by atoms with E-state index in [1.807, 2.05) is 42.6 Å². The maximum Gasteiger partial charge on any atom is 0.269 e. The molecule has 0 aliphatic rings. The second kappa shape index (κ2) is 8.23. The van der Waals surface area contributed by atoms with Crippen LogP contribution in [-0.4, -0.2) is 48.6 Å². The summed E-state index contributed by atoms with van der Waals surface area (Å²) in [4.78, 5) is 10.0. The number of benzene rings is 1. The van der Waals surface area contributed by atoms with Gasteiger partial charge in [0, 0.05) is 30.5 Å². The molecule has 1 aromatic carbocycles. The predicted molar refractivity (Wildman–Crippen MR) is 124 cm³/mol. The molecule has 3 N–H and O–H groups in total. The van der Waals surface area contributed by atoms with Gasteiger partial charge < -0.3 is 10.5 Å². The molecule has 0 fully saturated rings. The van der Waals surface area contributed by atoms with E-state index in [1.165, 1.54) is 11.3 Å². The van der Waals surface area contributed by atoms with Crippen LogP contribution >= 0.6 is 11.3 Å². The minimum absolute atomic E-state index is 0.460. The van der Waals surface area contributed by atoms with Crippen LogP contribution in [0.15, 0.2) is 59.3 Å². The highest BCUT2D eigenvalue weighted by molar-refractivity contribution is 7.93. The van der Waals surface area contributed by atoms with Gasteiger partial charge in [-0.1, -0.05) is 41.7 Å². The van der Waals surface area contributed by atoms with Gasteiger partial charge in [0.2, 0.25) is 0 Å². The summed E-state index contributed by atoms with van der Waals surface area (Å²) in [5.74, 6) is 1.02. The first-order valence-corrected chi connectivity index (χ1v) is 11.7. The van der Waals surface area contributed by atoms with E-state index < -0.39 is 11.2 Å². The summed E-state index contributed by atoms with van der Waals surface area (Å²) >= 11 is 0.413. The van der Waals surface area contributed by atoms with Crippen LogP contribution in [0.2, 0.25) is 0 Å². The van der Waals surface area contributed by atoms with Gasteiger partial charge in [0.15, 0.2) is 16.9 Å². The number of fused-ring (bicyclic) bond motifs is 2. The Morgan fingerprint density at radius 2 is 2.06 bits per heavy atom. The van der Waals surface area contributed by atoms with E-state index in [2.05, 4.69) is 15.2 Å². The fraction of sp³-hybridized carbons (Fsp3) is 0.143. The molecule has 0 bridgehead atoms. The first-order valence-electron chi connectivity index (χ1n) is 9.49. The quantitative estimate of drug-likeness (QED) is 0.378. The highest BCUT2D eigenvalue weighted by atomic mass is 32.2. The minimum Gasteiger partial charge on any atom is -0.393 e. The first kappa shape index (κ1) is 19.9. The van der Waals surface area contributed by atoms with E-state index in [0.29, 0.717) is 23.8 Å². The van der Waals surface area contributed by atoms with E-state index in [1.54, 1.807) is 24.0 Å². The summed E-state index contributed by atoms with van der Waals surface area (Å²) in [6.07, 6.45) is 5.25. The van der Waals surface area contributed by atoms with Crippen LogP contribution in [0.3, 0.4) is 0 Å². The number of ether oxygens (including phenoxy) is 1. The zero-order valence-corrected chi connectivity index (χ0v) is 18.2. The second-order valence-corrected chi connectivity index (χ2v) is 9.65. The number of pyridine rings is 1. The Bertz CT molecular complexity index is 1370. The number of thiophene rings is 1. The number of methoxy groups -OCH3 is 1. The molecule has 0 saturated heterocycles. The monoisotopic (exact) mass is 451 g/mol. The number of aromatic nitrogens is 5. The number of hydrogen-bond donors (Lipinski definition) is 2. The number of nitrogens with zero attached hydrogens (tertiary/aromatic N) is 5. The van der Waals surface area contributed by atoms with Crippen molar-refractivity contribution in [2.45, 2.75) is 4.21 Å². The number of hydrogen-bond acceptors (Lipinski definition) is 8. The van der Waals surface area contributed by atoms with Crippen molar-refractivity contribution in [3.8, 4) is 22.4 Å². The van der Waals surface area contributed by atoms with Crippen molar-refractivity contribution >= 4 is 44.2 Å². The van der Waals surface area contributed by atoms with Gasteiger partial charge in [0.1, 0.15) is 16.8 Å². The SMILES string of the molecule is COCC[S+](O)c1sc2nc(-c3cnc4nncn4c3)cc(-c3ccccc3)c2c1N. The molecule has 4 heterocycles. The van der Waals surface area contributed by atoms with Gasteiger partial charge in [-0.15, -0.1) is 10.2 Å². The second-order valence-electron chi connectivity index (χ2n) is 6.85. The van der Waals surface area contributed by atoms with E-state index in [0.717, 1.165) is 36.8 Å². The van der Waals surface area contributed by atoms with E-state index >= 15 is 0 Å². The van der Waals surface area contributed by atoms with Crippen LogP contribution in [0.4, 0.5) is 5.69 Å². The van der Waals surface area contributed by atoms with Gasteiger partial charge in [0.25, 0.3) is 9.99 Å². The Morgan fingerprint density at radius 3 is 2.87 bits per heavy atom. The Labute approximate surface area is 184 Å². The molecule has 1 unspecified atom stereocenters. The molecular weight excluding hydrogens is 432 g/mol. The largest absolute Gasteiger partial charge is 0.393 e. The number of nitrogens with two attached hydrogens (primary N) is 1. The molecule has 8 nitrogen and oxygen atoms in total. The Kier molecular flexibility index (Phi) is 5.28. The Balaban J connectivity index is 1.72. The molecule has 1 atom stereocenters. The first-order chi connectivity index (χ1) is 15.2. The summed E-state index contributed by atoms with van der Waals surface area (Å²) in [5, 5.41) is 8.70. The lowest BCUT2D eigenvalue weighted by atomic mass is 10.0. The summed E-state index contributed by atoms with van der Waals surface area (Å²) in [6.45, 7) is 0.460. The molecule has 0 amide bonds. The third kappa shape index (κ3) is 3.63. The summed E-state index contributed by atoms with van der Waals surface area (Å²) < 4.78 is 18.3. The van der Waals surface area contributed by atoms with Crippen molar-refractivity contribution in [3.63, 3.8) is 0 Å². The molecule has 31 heavy (non-hydrogen) atoms. The topological polar surface area (TPSA) is 111 Å². The molecule has 4 aromatic heterocycles. The number of rotatable bonds is 6. The van der Waals surface area contributed by atoms with Crippen LogP contribution in [0.5, 0.6) is 0 Å². The van der Waals surface area contributed by atoms with Crippen LogP contribution in [-0.2, 0) is 15.9 Å². The molecule has 5 rings (SSSR count). The molecule has 0 saturated carbocycles. The fourth-order valence-corrected chi connectivity index (χ4v) is 5.98. The van der Waals surface area contributed by atoms with Crippen molar-refractivity contribution in [1.29, 1.82) is 0 Å². The van der Waals surface area contributed by atoms with Crippen LogP contribution in [0.25, 0.3) is 38.4 Å². The predicted octanol–water partition coefficient (Wildman–Crippen LogP) is 3.75. The van der Waals surface area contributed by atoms with Crippen LogP contribution in [0.1, 0.15) is 0 Å². The van der Waals surface area contributed by atoms with Crippen molar-refractivity contribution in [2.24, 2.45) is 0 Å². The van der Waals surface area contributed by atoms with Crippen LogP contribution < -0.4 is 5.73 Å². The van der Waals surface area contributed by atoms with E-state index in [9.17, 15) is 4.55 Å². The number of anilines is 1. The highest BCUT2D eigenvalue weighted by Crippen LogP contribution is 2.43. The zero-order chi connectivity index (χ0) is 21.4. The lowest BCUT2D eigenvalue weighted by Gasteiger charge is -2.08. The zero-order valence-electron chi connectivity index (χ0n) is 16.6. The lowest BCUT2D eigenvalue weighted by Crippen LogP contribution is -2.11. The molecular formula is C21H19N6O2S2+. The van der Waals surface area contributed by atoms with Gasteiger partial charge in [-0.3, -0.25) is 4.40 Å². The Hall–Kier alpha value is -3.05. The third-order valence-electron chi connectivity index (χ3n) is 4.89. The van der Waals surface area contributed by atoms with Gasteiger partial charge in [-0.2, -0.15) is 4.55 Å². The summed E-state index contributed by atoms with van der Waals surface area (Å²) in [6, 6.07) is 12.1. The molecule has 0 aliphatic heterocycles. The molecule has 0 radical (unpaired) electrons. The molecule has 156 valence electrons. The Morgan fingerprint density at radius 1 is 1.23 bits per heavy atom. The van der Waals surface area contributed by atoms with Crippen molar-refractivity contribution in [1.82, 2.24) is 24.6 Å². The summed E-state index contributed by atoms with van der Waals surface area (Å²) in [7, 11) is 1.62. The average molecular weight is 452 g/mol. The lowest BCUT2D eigenvalue weighted by molar-refractivity contribution is 0.217. The maximum absolute atomic E-state index is 10.7. The fourth-order valence-electron chi connectivity index (χ4n) is 3.39. The van der Waals surface area contributed by atoms with Gasteiger partial charge >= 0.3 is 0 Å². The smallest absolute Gasteiger partial charge is 0.269 e. The van der Waals surface area contributed by atoms with Crippen molar-refractivity contribution in [3.05, 3.63) is 55.1 Å². The summed E-state index contributed by atoms with van der Waals surface area (Å²) in [5.41, 5.74) is 10.7. The minimum atomic E-state index is -1.01. The van der Waals surface area contributed by atoms with Crippen molar-refractivity contribution in [2.75, 3.05) is 25.2 Å². The number of nitrogen functional groups attached to an aromatic ring is 1. The molecule has 0 spiro atoms. The van der Waals surface area contributed by atoms with Gasteiger partial charge in [-0.05, 0) is 17.2 Å². The van der Waals surface area contributed by atoms with Crippen molar-refractivity contribution < 1.29 is 9.29 Å². The molecule has 10 heteroatoms. The average Bonchev–Trinajstić information content (AvgIpc) is 3.41. The van der Waals surface area contributed by atoms with E-state index in [4.69, 9.17) is 15.5 Å². The third-order valence-corrected chi connectivity index (χ3v) is 7.81. The van der Waals surface area contributed by atoms with E-state index in [-0.39, 0.29) is 0 Å². The van der Waals surface area contributed by atoms with Gasteiger partial charge in [-0.25, -0.2) is 9.97 Å². The highest BCUT2D eigenvalue weighted by Gasteiger charge is 2.29. The normalized spacial score (nSPS) is 12.6.